The van der Waals surface area contributed by atoms with Crippen LogP contribution in [0.3, 0.4) is 0 Å². The molecule has 5 nitrogen and oxygen atoms in total. The van der Waals surface area contributed by atoms with Crippen LogP contribution >= 0.6 is 22.9 Å². The summed E-state index contributed by atoms with van der Waals surface area (Å²) in [6.07, 6.45) is 3.43. The Hall–Kier alpha value is -1.57. The average Bonchev–Trinajstić information content (AvgIpc) is 2.98. The molecule has 0 saturated heterocycles. The fourth-order valence-corrected chi connectivity index (χ4v) is 2.29. The Labute approximate surface area is 131 Å². The molecule has 0 spiro atoms. The van der Waals surface area contributed by atoms with E-state index < -0.39 is 5.82 Å². The van der Waals surface area contributed by atoms with Gasteiger partial charge in [0.05, 0.1) is 10.7 Å². The molecule has 21 heavy (non-hydrogen) atoms. The molecule has 0 atom stereocenters. The highest BCUT2D eigenvalue weighted by atomic mass is 35.5. The van der Waals surface area contributed by atoms with E-state index in [4.69, 9.17) is 22.2 Å². The Bertz CT molecular complexity index is 568. The van der Waals surface area contributed by atoms with E-state index in [9.17, 15) is 4.39 Å². The minimum absolute atomic E-state index is 0.0164. The summed E-state index contributed by atoms with van der Waals surface area (Å²) < 4.78 is 13.9. The van der Waals surface area contributed by atoms with Crippen molar-refractivity contribution >= 4 is 33.8 Å². The SMILES string of the molecule is NCCCCNc1cc(F)c(ONc2nccs2)cc1Cl. The van der Waals surface area contributed by atoms with E-state index in [-0.39, 0.29) is 5.75 Å². The van der Waals surface area contributed by atoms with Gasteiger partial charge in [0.2, 0.25) is 5.13 Å². The van der Waals surface area contributed by atoms with Gasteiger partial charge in [-0.25, -0.2) is 9.37 Å². The minimum atomic E-state index is -0.509. The summed E-state index contributed by atoms with van der Waals surface area (Å²) in [5.41, 5.74) is 8.51. The van der Waals surface area contributed by atoms with E-state index in [2.05, 4.69) is 15.8 Å². The second-order valence-electron chi connectivity index (χ2n) is 4.23. The maximum absolute atomic E-state index is 13.9. The van der Waals surface area contributed by atoms with Crippen molar-refractivity contribution in [1.29, 1.82) is 0 Å². The number of hydrogen-bond donors (Lipinski definition) is 3. The van der Waals surface area contributed by atoms with Crippen molar-refractivity contribution in [3.05, 3.63) is 34.5 Å². The molecule has 0 saturated carbocycles. The zero-order chi connectivity index (χ0) is 15.1. The van der Waals surface area contributed by atoms with Gasteiger partial charge in [-0.2, -0.15) is 5.48 Å². The van der Waals surface area contributed by atoms with E-state index in [1.807, 2.05) is 0 Å². The first-order valence-corrected chi connectivity index (χ1v) is 7.72. The summed E-state index contributed by atoms with van der Waals surface area (Å²) in [5.74, 6) is -0.493. The Morgan fingerprint density at radius 2 is 2.24 bits per heavy atom. The van der Waals surface area contributed by atoms with Gasteiger partial charge in [0, 0.05) is 30.3 Å². The molecule has 114 valence electrons. The van der Waals surface area contributed by atoms with Crippen LogP contribution in [-0.4, -0.2) is 18.1 Å². The van der Waals surface area contributed by atoms with Crippen LogP contribution in [0.5, 0.6) is 5.75 Å². The van der Waals surface area contributed by atoms with Crippen molar-refractivity contribution in [2.45, 2.75) is 12.8 Å². The molecule has 1 aromatic carbocycles. The molecule has 2 rings (SSSR count). The van der Waals surface area contributed by atoms with Crippen LogP contribution in [0.25, 0.3) is 0 Å². The number of halogens is 2. The largest absolute Gasteiger partial charge is 0.384 e. The van der Waals surface area contributed by atoms with E-state index in [1.54, 1.807) is 11.6 Å². The average molecular weight is 331 g/mol. The molecule has 1 aromatic heterocycles. The lowest BCUT2D eigenvalue weighted by atomic mass is 10.2. The Balaban J connectivity index is 1.95. The number of nitrogens with two attached hydrogens (primary N) is 1. The predicted molar refractivity (Wildman–Crippen MR) is 84.6 cm³/mol. The summed E-state index contributed by atoms with van der Waals surface area (Å²) in [7, 11) is 0. The quantitative estimate of drug-likeness (QED) is 0.510. The molecule has 8 heteroatoms. The molecule has 0 fully saturated rings. The number of nitrogens with one attached hydrogen (secondary N) is 2. The predicted octanol–water partition coefficient (Wildman–Crippen LogP) is 3.49. The van der Waals surface area contributed by atoms with Crippen LogP contribution in [0, 0.1) is 5.82 Å². The number of unbranched alkanes of at least 4 members (excludes halogenated alkanes) is 1. The topological polar surface area (TPSA) is 72.2 Å². The first-order valence-electron chi connectivity index (χ1n) is 6.46. The third-order valence-corrected chi connectivity index (χ3v) is 3.63. The van der Waals surface area contributed by atoms with Crippen molar-refractivity contribution in [2.75, 3.05) is 23.9 Å². The monoisotopic (exact) mass is 330 g/mol. The van der Waals surface area contributed by atoms with Crippen LogP contribution in [0.2, 0.25) is 5.02 Å². The zero-order valence-electron chi connectivity index (χ0n) is 11.2. The molecule has 0 unspecified atom stereocenters. The number of rotatable bonds is 8. The Morgan fingerprint density at radius 1 is 1.38 bits per heavy atom. The van der Waals surface area contributed by atoms with Crippen molar-refractivity contribution < 1.29 is 9.23 Å². The van der Waals surface area contributed by atoms with Gasteiger partial charge < -0.3 is 15.9 Å². The number of anilines is 2. The van der Waals surface area contributed by atoms with Crippen molar-refractivity contribution in [3.8, 4) is 5.75 Å². The van der Waals surface area contributed by atoms with Crippen molar-refractivity contribution in [2.24, 2.45) is 5.73 Å². The highest BCUT2D eigenvalue weighted by Crippen LogP contribution is 2.30. The highest BCUT2D eigenvalue weighted by molar-refractivity contribution is 7.13. The molecule has 4 N–H and O–H groups in total. The highest BCUT2D eigenvalue weighted by Gasteiger charge is 2.10. The van der Waals surface area contributed by atoms with Crippen LogP contribution in [-0.2, 0) is 0 Å². The van der Waals surface area contributed by atoms with Crippen molar-refractivity contribution in [3.63, 3.8) is 0 Å². The molecule has 0 bridgehead atoms. The van der Waals surface area contributed by atoms with Crippen LogP contribution in [0.15, 0.2) is 23.7 Å². The molecule has 0 radical (unpaired) electrons. The minimum Gasteiger partial charge on any atom is -0.384 e. The van der Waals surface area contributed by atoms with Crippen LogP contribution < -0.4 is 21.4 Å². The summed E-state index contributed by atoms with van der Waals surface area (Å²) in [4.78, 5) is 9.12. The van der Waals surface area contributed by atoms with E-state index in [0.29, 0.717) is 28.9 Å². The fourth-order valence-electron chi connectivity index (χ4n) is 1.61. The van der Waals surface area contributed by atoms with Crippen LogP contribution in [0.1, 0.15) is 12.8 Å². The van der Waals surface area contributed by atoms with Crippen molar-refractivity contribution in [1.82, 2.24) is 4.98 Å². The molecule has 2 aromatic rings. The lowest BCUT2D eigenvalue weighted by molar-refractivity contribution is 0.378. The molecule has 0 aliphatic rings. The third-order valence-electron chi connectivity index (χ3n) is 2.65. The lowest BCUT2D eigenvalue weighted by Crippen LogP contribution is -2.08. The second-order valence-corrected chi connectivity index (χ2v) is 5.53. The maximum Gasteiger partial charge on any atom is 0.216 e. The van der Waals surface area contributed by atoms with Gasteiger partial charge in [0.25, 0.3) is 0 Å². The van der Waals surface area contributed by atoms with Crippen LogP contribution in [0.4, 0.5) is 15.2 Å². The number of thiazole rings is 1. The summed E-state index contributed by atoms with van der Waals surface area (Å²) in [5, 5.41) is 5.78. The van der Waals surface area contributed by atoms with Gasteiger partial charge in [-0.15, -0.1) is 11.3 Å². The standard InChI is InChI=1S/C13H16ClFN4OS/c14-9-7-12(20-19-13-18-5-6-21-13)10(15)8-11(9)17-4-2-1-3-16/h5-8,17H,1-4,16H2,(H,18,19). The molecular weight excluding hydrogens is 315 g/mol. The fraction of sp³-hybridized carbons (Fsp3) is 0.308. The van der Waals surface area contributed by atoms with E-state index in [0.717, 1.165) is 12.8 Å². The summed E-state index contributed by atoms with van der Waals surface area (Å²) in [6, 6.07) is 2.73. The number of benzene rings is 1. The molecule has 0 aliphatic heterocycles. The molecular formula is C13H16ClFN4OS. The first-order chi connectivity index (χ1) is 10.2. The summed E-state index contributed by atoms with van der Waals surface area (Å²) in [6.45, 7) is 1.33. The van der Waals surface area contributed by atoms with Gasteiger partial charge in [0.1, 0.15) is 0 Å². The number of nitrogens with zero attached hydrogens (tertiary/aromatic N) is 1. The second kappa shape index (κ2) is 8.02. The summed E-state index contributed by atoms with van der Waals surface area (Å²) >= 11 is 7.45. The molecule has 0 aliphatic carbocycles. The van der Waals surface area contributed by atoms with Gasteiger partial charge in [0.15, 0.2) is 11.6 Å². The molecule has 1 heterocycles. The van der Waals surface area contributed by atoms with Gasteiger partial charge in [-0.05, 0) is 19.4 Å². The Kier molecular flexibility index (Phi) is 6.04. The lowest BCUT2D eigenvalue weighted by Gasteiger charge is -2.11. The van der Waals surface area contributed by atoms with E-state index >= 15 is 0 Å². The Morgan fingerprint density at radius 3 is 2.95 bits per heavy atom. The van der Waals surface area contributed by atoms with Gasteiger partial charge in [-0.1, -0.05) is 11.6 Å². The third kappa shape index (κ3) is 4.73. The number of aromatic nitrogens is 1. The van der Waals surface area contributed by atoms with Gasteiger partial charge >= 0.3 is 0 Å². The molecule has 0 amide bonds. The zero-order valence-corrected chi connectivity index (χ0v) is 12.8. The normalized spacial score (nSPS) is 10.4. The van der Waals surface area contributed by atoms with E-state index in [1.165, 1.54) is 23.5 Å². The maximum atomic E-state index is 13.9. The smallest absolute Gasteiger partial charge is 0.216 e. The number of hydrogen-bond acceptors (Lipinski definition) is 6. The first kappa shape index (κ1) is 15.8. The van der Waals surface area contributed by atoms with Gasteiger partial charge in [-0.3, -0.25) is 0 Å².